The molecule has 2 rings (SSSR count). The third-order valence-electron chi connectivity index (χ3n) is 3.87. The second-order valence-corrected chi connectivity index (χ2v) is 5.62. The standard InChI is InChI=1S/C18H26N2O/c21-18(20-15-17-9-5-2-6-10-17)12-14-19-13-11-16-7-3-1-4-8-16/h2,5-7,9-10,19H,1,3-4,8,11-15H2,(H,20,21). The zero-order chi connectivity index (χ0) is 14.8. The van der Waals surface area contributed by atoms with Gasteiger partial charge in [-0.2, -0.15) is 0 Å². The van der Waals surface area contributed by atoms with Gasteiger partial charge in [0.15, 0.2) is 0 Å². The molecule has 21 heavy (non-hydrogen) atoms. The van der Waals surface area contributed by atoms with Gasteiger partial charge in [-0.05, 0) is 44.2 Å². The molecule has 0 bridgehead atoms. The van der Waals surface area contributed by atoms with Crippen molar-refractivity contribution >= 4 is 5.91 Å². The number of carbonyl (C=O) groups excluding carboxylic acids is 1. The van der Waals surface area contributed by atoms with Gasteiger partial charge in [-0.15, -0.1) is 0 Å². The van der Waals surface area contributed by atoms with Crippen molar-refractivity contribution in [3.63, 3.8) is 0 Å². The smallest absolute Gasteiger partial charge is 0.221 e. The average molecular weight is 286 g/mol. The van der Waals surface area contributed by atoms with E-state index in [0.29, 0.717) is 13.0 Å². The molecule has 0 heterocycles. The molecule has 0 spiro atoms. The van der Waals surface area contributed by atoms with Crippen LogP contribution in [0.3, 0.4) is 0 Å². The maximum absolute atomic E-state index is 11.7. The molecule has 1 aromatic carbocycles. The first kappa shape index (κ1) is 15.8. The summed E-state index contributed by atoms with van der Waals surface area (Å²) in [6.07, 6.45) is 9.26. The Bertz CT molecular complexity index is 454. The van der Waals surface area contributed by atoms with Crippen LogP contribution in [0.1, 0.15) is 44.1 Å². The first-order valence-corrected chi connectivity index (χ1v) is 8.04. The third kappa shape index (κ3) is 6.58. The largest absolute Gasteiger partial charge is 0.352 e. The summed E-state index contributed by atoms with van der Waals surface area (Å²) in [6, 6.07) is 10.0. The summed E-state index contributed by atoms with van der Waals surface area (Å²) in [6.45, 7) is 2.36. The molecule has 0 atom stereocenters. The van der Waals surface area contributed by atoms with Gasteiger partial charge in [0.2, 0.25) is 5.91 Å². The SMILES string of the molecule is O=C(CCNCCC1=CCCCC1)NCc1ccccc1. The Labute approximate surface area is 127 Å². The van der Waals surface area contributed by atoms with Crippen LogP contribution in [0.4, 0.5) is 0 Å². The van der Waals surface area contributed by atoms with E-state index in [4.69, 9.17) is 0 Å². The highest BCUT2D eigenvalue weighted by Gasteiger charge is 2.04. The van der Waals surface area contributed by atoms with Crippen molar-refractivity contribution in [2.45, 2.75) is 45.1 Å². The lowest BCUT2D eigenvalue weighted by atomic mass is 9.97. The number of carbonyl (C=O) groups is 1. The number of allylic oxidation sites excluding steroid dienone is 1. The Kier molecular flexibility index (Phi) is 7.02. The normalized spacial score (nSPS) is 14.6. The van der Waals surface area contributed by atoms with Gasteiger partial charge in [-0.1, -0.05) is 42.0 Å². The lowest BCUT2D eigenvalue weighted by Crippen LogP contribution is -2.27. The molecular weight excluding hydrogens is 260 g/mol. The first-order chi connectivity index (χ1) is 10.3. The molecule has 0 saturated carbocycles. The summed E-state index contributed by atoms with van der Waals surface area (Å²) in [5.41, 5.74) is 2.73. The summed E-state index contributed by atoms with van der Waals surface area (Å²) >= 11 is 0. The lowest BCUT2D eigenvalue weighted by Gasteiger charge is -2.12. The average Bonchev–Trinajstić information content (AvgIpc) is 2.54. The van der Waals surface area contributed by atoms with E-state index in [-0.39, 0.29) is 5.91 Å². The van der Waals surface area contributed by atoms with Crippen molar-refractivity contribution in [2.75, 3.05) is 13.1 Å². The van der Waals surface area contributed by atoms with Crippen molar-refractivity contribution in [1.82, 2.24) is 10.6 Å². The molecule has 0 aromatic heterocycles. The van der Waals surface area contributed by atoms with E-state index < -0.39 is 0 Å². The minimum Gasteiger partial charge on any atom is -0.352 e. The zero-order valence-electron chi connectivity index (χ0n) is 12.7. The Morgan fingerprint density at radius 1 is 1.10 bits per heavy atom. The van der Waals surface area contributed by atoms with Crippen LogP contribution in [0.25, 0.3) is 0 Å². The molecule has 0 radical (unpaired) electrons. The highest BCUT2D eigenvalue weighted by atomic mass is 16.1. The van der Waals surface area contributed by atoms with Crippen LogP contribution in [-0.2, 0) is 11.3 Å². The van der Waals surface area contributed by atoms with Gasteiger partial charge in [-0.3, -0.25) is 4.79 Å². The maximum Gasteiger partial charge on any atom is 0.221 e. The van der Waals surface area contributed by atoms with Crippen LogP contribution in [0.15, 0.2) is 42.0 Å². The van der Waals surface area contributed by atoms with E-state index in [1.165, 1.54) is 25.7 Å². The highest BCUT2D eigenvalue weighted by Crippen LogP contribution is 2.19. The van der Waals surface area contributed by atoms with E-state index in [1.54, 1.807) is 5.57 Å². The minimum atomic E-state index is 0.114. The van der Waals surface area contributed by atoms with E-state index >= 15 is 0 Å². The van der Waals surface area contributed by atoms with Crippen molar-refractivity contribution in [2.24, 2.45) is 0 Å². The molecule has 2 N–H and O–H groups in total. The molecule has 3 nitrogen and oxygen atoms in total. The maximum atomic E-state index is 11.7. The van der Waals surface area contributed by atoms with E-state index in [2.05, 4.69) is 16.7 Å². The Morgan fingerprint density at radius 2 is 1.95 bits per heavy atom. The van der Waals surface area contributed by atoms with E-state index in [0.717, 1.165) is 25.1 Å². The molecule has 1 aliphatic carbocycles. The van der Waals surface area contributed by atoms with Gasteiger partial charge in [0.25, 0.3) is 0 Å². The monoisotopic (exact) mass is 286 g/mol. The Morgan fingerprint density at radius 3 is 2.71 bits per heavy atom. The van der Waals surface area contributed by atoms with Crippen LogP contribution < -0.4 is 10.6 Å². The minimum absolute atomic E-state index is 0.114. The van der Waals surface area contributed by atoms with Gasteiger partial charge >= 0.3 is 0 Å². The third-order valence-corrected chi connectivity index (χ3v) is 3.87. The fraction of sp³-hybridized carbons (Fsp3) is 0.500. The molecule has 0 unspecified atom stereocenters. The fourth-order valence-corrected chi connectivity index (χ4v) is 2.59. The first-order valence-electron chi connectivity index (χ1n) is 8.04. The Hall–Kier alpha value is -1.61. The summed E-state index contributed by atoms with van der Waals surface area (Å²) in [5, 5.41) is 6.31. The number of nitrogens with one attached hydrogen (secondary N) is 2. The van der Waals surface area contributed by atoms with Crippen molar-refractivity contribution in [3.8, 4) is 0 Å². The zero-order valence-corrected chi connectivity index (χ0v) is 12.7. The predicted molar refractivity (Wildman–Crippen MR) is 86.9 cm³/mol. The molecule has 1 amide bonds. The van der Waals surface area contributed by atoms with Crippen LogP contribution in [-0.4, -0.2) is 19.0 Å². The quantitative estimate of drug-likeness (QED) is 0.569. The van der Waals surface area contributed by atoms with Gasteiger partial charge in [0.1, 0.15) is 0 Å². The van der Waals surface area contributed by atoms with Crippen LogP contribution in [0.2, 0.25) is 0 Å². The van der Waals surface area contributed by atoms with E-state index in [9.17, 15) is 4.79 Å². The number of rotatable bonds is 8. The molecule has 0 fully saturated rings. The van der Waals surface area contributed by atoms with Crippen LogP contribution in [0.5, 0.6) is 0 Å². The predicted octanol–water partition coefficient (Wildman–Crippen LogP) is 3.17. The summed E-state index contributed by atoms with van der Waals surface area (Å²) in [5.74, 6) is 0.114. The Balaban J connectivity index is 1.50. The van der Waals surface area contributed by atoms with Gasteiger partial charge in [0, 0.05) is 19.5 Å². The number of hydrogen-bond acceptors (Lipinski definition) is 2. The van der Waals surface area contributed by atoms with Crippen LogP contribution in [0, 0.1) is 0 Å². The topological polar surface area (TPSA) is 41.1 Å². The number of amides is 1. The second kappa shape index (κ2) is 9.35. The van der Waals surface area contributed by atoms with Crippen LogP contribution >= 0.6 is 0 Å². The highest BCUT2D eigenvalue weighted by molar-refractivity contribution is 5.76. The molecule has 0 saturated heterocycles. The summed E-state index contributed by atoms with van der Waals surface area (Å²) < 4.78 is 0. The molecule has 114 valence electrons. The summed E-state index contributed by atoms with van der Waals surface area (Å²) in [7, 11) is 0. The lowest BCUT2D eigenvalue weighted by molar-refractivity contribution is -0.121. The molecular formula is C18H26N2O. The molecule has 3 heteroatoms. The summed E-state index contributed by atoms with van der Waals surface area (Å²) in [4.78, 5) is 11.7. The van der Waals surface area contributed by atoms with Gasteiger partial charge < -0.3 is 10.6 Å². The molecule has 1 aliphatic rings. The van der Waals surface area contributed by atoms with Gasteiger partial charge in [0.05, 0.1) is 0 Å². The van der Waals surface area contributed by atoms with Crippen molar-refractivity contribution in [3.05, 3.63) is 47.5 Å². The molecule has 0 aliphatic heterocycles. The van der Waals surface area contributed by atoms with Crippen molar-refractivity contribution in [1.29, 1.82) is 0 Å². The molecule has 1 aromatic rings. The fourth-order valence-electron chi connectivity index (χ4n) is 2.59. The number of benzene rings is 1. The second-order valence-electron chi connectivity index (χ2n) is 5.62. The van der Waals surface area contributed by atoms with Crippen molar-refractivity contribution < 1.29 is 4.79 Å². The van der Waals surface area contributed by atoms with Gasteiger partial charge in [-0.25, -0.2) is 0 Å². The number of hydrogen-bond donors (Lipinski definition) is 2. The van der Waals surface area contributed by atoms with E-state index in [1.807, 2.05) is 30.3 Å².